The summed E-state index contributed by atoms with van der Waals surface area (Å²) >= 11 is 14.8. The van der Waals surface area contributed by atoms with E-state index in [0.29, 0.717) is 39.7 Å². The highest BCUT2D eigenvalue weighted by Gasteiger charge is 2.69. The van der Waals surface area contributed by atoms with Gasteiger partial charge in [0.2, 0.25) is 17.6 Å². The predicted molar refractivity (Wildman–Crippen MR) is 220 cm³/mol. The monoisotopic (exact) mass is 958 g/mol. The fraction of sp³-hybridized carbons (Fsp3) is 0.262. The molecule has 8 rings (SSSR count). The molecule has 1 saturated carbocycles. The number of amides is 4. The zero-order valence-corrected chi connectivity index (χ0v) is 34.6. The Morgan fingerprint density at radius 3 is 2.20 bits per heavy atom. The summed E-state index contributed by atoms with van der Waals surface area (Å²) in [6, 6.07) is 17.2. The van der Waals surface area contributed by atoms with Crippen molar-refractivity contribution in [2.45, 2.75) is 24.4 Å². The van der Waals surface area contributed by atoms with Gasteiger partial charge < -0.3 is 14.6 Å². The van der Waals surface area contributed by atoms with Crippen LogP contribution in [0.1, 0.15) is 29.5 Å². The number of aromatic nitrogens is 1. The second-order valence-corrected chi connectivity index (χ2v) is 16.7. The molecular formula is C42H32Cl2F3IN4O7. The van der Waals surface area contributed by atoms with E-state index in [0.717, 1.165) is 8.58 Å². The van der Waals surface area contributed by atoms with Crippen molar-refractivity contribution in [1.29, 1.82) is 0 Å². The first-order valence-corrected chi connectivity index (χ1v) is 20.0. The normalized spacial score (nSPS) is 25.2. The van der Waals surface area contributed by atoms with Crippen LogP contribution in [0.2, 0.25) is 10.0 Å². The highest BCUT2D eigenvalue weighted by Crippen LogP contribution is 2.62. The number of benzene rings is 3. The second-order valence-electron chi connectivity index (χ2n) is 14.6. The molecule has 3 heterocycles. The number of alkyl halides is 3. The molecule has 59 heavy (non-hydrogen) atoms. The van der Waals surface area contributed by atoms with E-state index in [4.69, 9.17) is 32.7 Å². The van der Waals surface area contributed by atoms with Gasteiger partial charge in [-0.1, -0.05) is 59.1 Å². The Balaban J connectivity index is 1.30. The van der Waals surface area contributed by atoms with Crippen LogP contribution >= 0.6 is 45.8 Å². The summed E-state index contributed by atoms with van der Waals surface area (Å²) in [5.41, 5.74) is 1.70. The van der Waals surface area contributed by atoms with E-state index < -0.39 is 69.5 Å². The lowest BCUT2D eigenvalue weighted by Gasteiger charge is -2.49. The van der Waals surface area contributed by atoms with Crippen molar-refractivity contribution in [3.05, 3.63) is 121 Å². The van der Waals surface area contributed by atoms with Crippen LogP contribution in [0.3, 0.4) is 0 Å². The van der Waals surface area contributed by atoms with Gasteiger partial charge >= 0.3 is 6.18 Å². The third-order valence-electron chi connectivity index (χ3n) is 11.7. The van der Waals surface area contributed by atoms with Crippen molar-refractivity contribution < 1.29 is 46.9 Å². The van der Waals surface area contributed by atoms with Gasteiger partial charge in [-0.15, -0.1) is 0 Å². The molecular weight excluding hydrogens is 927 g/mol. The first kappa shape index (κ1) is 40.6. The Hall–Kier alpha value is -5.13. The number of phenols is 1. The quantitative estimate of drug-likeness (QED) is 0.101. The van der Waals surface area contributed by atoms with Gasteiger partial charge in [0.05, 0.1) is 53.7 Å². The molecule has 0 bridgehead atoms. The molecule has 3 aromatic carbocycles. The third kappa shape index (κ3) is 6.61. The zero-order chi connectivity index (χ0) is 42.1. The van der Waals surface area contributed by atoms with Crippen molar-refractivity contribution in [3.63, 3.8) is 0 Å². The number of carbonyl (C=O) groups excluding carboxylic acids is 4. The number of phenolic OH excluding ortho intramolecular Hbond substituents is 1. The summed E-state index contributed by atoms with van der Waals surface area (Å²) in [4.78, 5) is 63.8. The number of methoxy groups -OCH3 is 2. The van der Waals surface area contributed by atoms with E-state index >= 15 is 4.79 Å². The Bertz CT molecular complexity index is 2460. The van der Waals surface area contributed by atoms with E-state index in [1.165, 1.54) is 19.1 Å². The first-order valence-electron chi connectivity index (χ1n) is 18.2. The number of hydrazine groups is 1. The van der Waals surface area contributed by atoms with Crippen LogP contribution in [0, 0.1) is 33.2 Å². The average Bonchev–Trinajstić information content (AvgIpc) is 3.59. The van der Waals surface area contributed by atoms with Crippen molar-refractivity contribution in [2.24, 2.45) is 29.6 Å². The van der Waals surface area contributed by atoms with Crippen LogP contribution in [0.4, 0.5) is 24.7 Å². The minimum Gasteiger partial charge on any atom is -0.502 e. The molecule has 4 amide bonds. The summed E-state index contributed by atoms with van der Waals surface area (Å²) in [7, 11) is 2.75. The van der Waals surface area contributed by atoms with E-state index in [-0.39, 0.29) is 41.8 Å². The van der Waals surface area contributed by atoms with Gasteiger partial charge in [-0.2, -0.15) is 18.2 Å². The van der Waals surface area contributed by atoms with Gasteiger partial charge in [0, 0.05) is 20.7 Å². The van der Waals surface area contributed by atoms with Crippen LogP contribution in [-0.4, -0.2) is 52.9 Å². The summed E-state index contributed by atoms with van der Waals surface area (Å²) < 4.78 is 52.3. The Labute approximate surface area is 358 Å². The molecule has 2 aliphatic heterocycles. The van der Waals surface area contributed by atoms with Crippen LogP contribution in [0.5, 0.6) is 17.2 Å². The fourth-order valence-corrected chi connectivity index (χ4v) is 9.79. The number of anilines is 2. The SMILES string of the molecule is COc1cc(C=C[C@H]2C3=CC[C@@H]4C(=O)N(c5ccc(I)cc5)C(=O)[C@@H]4[C@@H]3C[C@H]3C(=O)N(Nc4ncc(C(F)(F)F)cc4Cl)C(=O)[C@@]23c2ccc(Cl)cc2)cc(OC)c1O. The van der Waals surface area contributed by atoms with Crippen molar-refractivity contribution in [2.75, 3.05) is 24.5 Å². The second kappa shape index (κ2) is 15.2. The molecule has 2 saturated heterocycles. The maximum atomic E-state index is 15.3. The molecule has 304 valence electrons. The largest absolute Gasteiger partial charge is 0.502 e. The van der Waals surface area contributed by atoms with Crippen LogP contribution < -0.4 is 19.8 Å². The third-order valence-corrected chi connectivity index (χ3v) is 12.9. The number of halogens is 6. The van der Waals surface area contributed by atoms with Gasteiger partial charge in [-0.25, -0.2) is 4.98 Å². The molecule has 4 aliphatic rings. The average molecular weight is 960 g/mol. The number of nitrogens with zero attached hydrogens (tertiary/aromatic N) is 3. The maximum Gasteiger partial charge on any atom is 0.417 e. The predicted octanol–water partition coefficient (Wildman–Crippen LogP) is 8.47. The molecule has 3 fully saturated rings. The molecule has 17 heteroatoms. The van der Waals surface area contributed by atoms with Gasteiger partial charge in [0.1, 0.15) is 0 Å². The lowest BCUT2D eigenvalue weighted by molar-refractivity contribution is -0.139. The molecule has 4 aromatic rings. The Morgan fingerprint density at radius 2 is 1.59 bits per heavy atom. The number of ether oxygens (including phenoxy) is 2. The molecule has 11 nitrogen and oxygen atoms in total. The molecule has 6 atom stereocenters. The van der Waals surface area contributed by atoms with Crippen LogP contribution in [0.25, 0.3) is 6.08 Å². The number of carbonyl (C=O) groups is 4. The van der Waals surface area contributed by atoms with E-state index in [2.05, 4.69) is 33.0 Å². The number of fused-ring (bicyclic) bond motifs is 4. The fourth-order valence-electron chi connectivity index (χ4n) is 9.09. The maximum absolute atomic E-state index is 15.3. The van der Waals surface area contributed by atoms with E-state index in [1.54, 1.807) is 72.8 Å². The molecule has 0 unspecified atom stereocenters. The number of rotatable bonds is 8. The number of imide groups is 2. The number of nitrogens with one attached hydrogen (secondary N) is 1. The number of hydrogen-bond acceptors (Lipinski definition) is 9. The highest BCUT2D eigenvalue weighted by atomic mass is 127. The van der Waals surface area contributed by atoms with Crippen molar-refractivity contribution in [1.82, 2.24) is 9.99 Å². The number of pyridine rings is 1. The Morgan fingerprint density at radius 1 is 0.932 bits per heavy atom. The zero-order valence-electron chi connectivity index (χ0n) is 31.0. The van der Waals surface area contributed by atoms with Crippen LogP contribution in [0.15, 0.2) is 90.7 Å². The summed E-state index contributed by atoms with van der Waals surface area (Å²) in [5.74, 6) is -7.21. The van der Waals surface area contributed by atoms with Gasteiger partial charge in [-0.3, -0.25) is 29.5 Å². The standard InChI is InChI=1S/C42H32Cl2F3IN4O7/c1-58-32-15-20(16-33(59-2)35(32)53)3-14-29-26-12-13-27-34(39(56)51(37(27)54)25-10-8-24(48)9-11-25)28(26)18-30-38(55)52(40(57)41(29,30)21-4-6-23(43)7-5-21)50-36-31(44)17-22(19-49-36)42(45,46)47/h3-12,14-17,19,27-30,34,53H,13,18H2,1-2H3,(H,49,50)/t27-,28+,29-,30-,34-,41-/m0/s1. The van der Waals surface area contributed by atoms with Crippen molar-refractivity contribution in [3.8, 4) is 17.2 Å². The summed E-state index contributed by atoms with van der Waals surface area (Å²) in [6.07, 6.45) is 1.19. The topological polar surface area (TPSA) is 138 Å². The summed E-state index contributed by atoms with van der Waals surface area (Å²) in [5, 5.41) is 11.2. The highest BCUT2D eigenvalue weighted by molar-refractivity contribution is 14.1. The van der Waals surface area contributed by atoms with Crippen LogP contribution in [-0.2, 0) is 30.8 Å². The van der Waals surface area contributed by atoms with Gasteiger partial charge in [-0.05, 0) is 107 Å². The molecule has 0 radical (unpaired) electrons. The number of hydrogen-bond donors (Lipinski definition) is 2. The van der Waals surface area contributed by atoms with E-state index in [9.17, 15) is 32.7 Å². The first-order chi connectivity index (χ1) is 28.1. The number of aromatic hydroxyl groups is 1. The summed E-state index contributed by atoms with van der Waals surface area (Å²) in [6.45, 7) is 0. The minimum atomic E-state index is -4.76. The molecule has 2 aliphatic carbocycles. The molecule has 1 aromatic heterocycles. The lowest BCUT2D eigenvalue weighted by atomic mass is 9.50. The van der Waals surface area contributed by atoms with Gasteiger partial charge in [0.15, 0.2) is 17.3 Å². The number of allylic oxidation sites excluding steroid dienone is 3. The minimum absolute atomic E-state index is 0.0443. The molecule has 0 spiro atoms. The van der Waals surface area contributed by atoms with E-state index in [1.807, 2.05) is 6.08 Å². The van der Waals surface area contributed by atoms with Crippen molar-refractivity contribution >= 4 is 87.0 Å². The molecule has 2 N–H and O–H groups in total. The van der Waals surface area contributed by atoms with Gasteiger partial charge in [0.25, 0.3) is 11.8 Å². The smallest absolute Gasteiger partial charge is 0.417 e. The Kier molecular flexibility index (Phi) is 10.4. The lowest BCUT2D eigenvalue weighted by Crippen LogP contribution is -2.54.